The molecule has 174 valence electrons. The average Bonchev–Trinajstić information content (AvgIpc) is 3.19. The summed E-state index contributed by atoms with van der Waals surface area (Å²) in [6.45, 7) is 6.93. The van der Waals surface area contributed by atoms with Crippen molar-refractivity contribution in [1.82, 2.24) is 9.88 Å². The predicted molar refractivity (Wildman–Crippen MR) is 131 cm³/mol. The second-order valence-electron chi connectivity index (χ2n) is 10.3. The smallest absolute Gasteiger partial charge is 0.407 e. The van der Waals surface area contributed by atoms with E-state index in [1.54, 1.807) is 4.90 Å². The van der Waals surface area contributed by atoms with Gasteiger partial charge in [-0.05, 0) is 65.8 Å². The molecule has 33 heavy (non-hydrogen) atoms. The van der Waals surface area contributed by atoms with Crippen LogP contribution in [0.5, 0.6) is 0 Å². The fourth-order valence-electron chi connectivity index (χ4n) is 5.20. The number of benzene rings is 2. The van der Waals surface area contributed by atoms with Gasteiger partial charge in [-0.15, -0.1) is 0 Å². The maximum Gasteiger partial charge on any atom is 0.407 e. The van der Waals surface area contributed by atoms with Crippen molar-refractivity contribution < 1.29 is 14.7 Å². The Labute approximate surface area is 194 Å². The van der Waals surface area contributed by atoms with Crippen molar-refractivity contribution in [3.05, 3.63) is 59.8 Å². The van der Waals surface area contributed by atoms with Crippen LogP contribution in [-0.4, -0.2) is 39.6 Å². The lowest BCUT2D eigenvalue weighted by Crippen LogP contribution is -2.51. The number of carbonyl (C=O) groups excluding carboxylic acids is 1. The summed E-state index contributed by atoms with van der Waals surface area (Å²) in [6.07, 6.45) is 4.76. The summed E-state index contributed by atoms with van der Waals surface area (Å²) in [5.41, 5.74) is 10.1. The van der Waals surface area contributed by atoms with Crippen LogP contribution in [0.4, 0.5) is 4.79 Å². The first kappa shape index (κ1) is 22.9. The molecule has 0 spiro atoms. The number of fused-ring (bicyclic) bond motifs is 1. The van der Waals surface area contributed by atoms with Crippen molar-refractivity contribution in [3.8, 4) is 11.1 Å². The van der Waals surface area contributed by atoms with E-state index in [1.165, 1.54) is 5.56 Å². The lowest BCUT2D eigenvalue weighted by molar-refractivity contribution is 0.0391. The summed E-state index contributed by atoms with van der Waals surface area (Å²) in [5.74, 6) is 0.0166. The SMILES string of the molecule is CC(C)(C)C1CC(CCc2c[nH]c3c(C(N)=O)cc(-c4ccccc4)cc23)CCN1C(=O)O. The molecule has 4 N–H and O–H groups in total. The number of amides is 2. The fraction of sp³-hybridized carbons (Fsp3) is 0.407. The molecule has 6 nitrogen and oxygen atoms in total. The van der Waals surface area contributed by atoms with Gasteiger partial charge in [-0.3, -0.25) is 4.79 Å². The normalized spacial score (nSPS) is 19.1. The molecule has 1 fully saturated rings. The number of aryl methyl sites for hydroxylation is 1. The van der Waals surface area contributed by atoms with Gasteiger partial charge in [0.15, 0.2) is 0 Å². The van der Waals surface area contributed by atoms with Gasteiger partial charge in [0, 0.05) is 24.2 Å². The van der Waals surface area contributed by atoms with Gasteiger partial charge in [0.2, 0.25) is 0 Å². The van der Waals surface area contributed by atoms with Crippen LogP contribution in [0.1, 0.15) is 56.0 Å². The van der Waals surface area contributed by atoms with E-state index in [2.05, 4.69) is 31.8 Å². The Kier molecular flexibility index (Phi) is 6.19. The van der Waals surface area contributed by atoms with E-state index in [1.807, 2.05) is 42.6 Å². The van der Waals surface area contributed by atoms with E-state index < -0.39 is 12.0 Å². The van der Waals surface area contributed by atoms with Gasteiger partial charge >= 0.3 is 6.09 Å². The number of nitrogens with zero attached hydrogens (tertiary/aromatic N) is 1. The highest BCUT2D eigenvalue weighted by Gasteiger charge is 2.38. The van der Waals surface area contributed by atoms with E-state index >= 15 is 0 Å². The van der Waals surface area contributed by atoms with E-state index in [0.29, 0.717) is 18.0 Å². The topological polar surface area (TPSA) is 99.4 Å². The van der Waals surface area contributed by atoms with Gasteiger partial charge in [-0.1, -0.05) is 51.1 Å². The standard InChI is InChI=1S/C27H33N3O3/c1-27(2,3)23-13-17(11-12-30(23)26(32)33)9-10-19-16-29-24-21(19)14-20(15-22(24)25(28)31)18-7-5-4-6-8-18/h4-8,14-17,23,29H,9-13H2,1-3H3,(H2,28,31)(H,32,33). The Morgan fingerprint density at radius 3 is 2.52 bits per heavy atom. The van der Waals surface area contributed by atoms with Gasteiger partial charge in [0.05, 0.1) is 11.1 Å². The number of likely N-dealkylation sites (tertiary alicyclic amines) is 1. The molecular formula is C27H33N3O3. The van der Waals surface area contributed by atoms with E-state index in [4.69, 9.17) is 5.73 Å². The number of aromatic amines is 1. The molecule has 0 bridgehead atoms. The van der Waals surface area contributed by atoms with E-state index in [-0.39, 0.29) is 11.5 Å². The highest BCUT2D eigenvalue weighted by Crippen LogP contribution is 2.37. The highest BCUT2D eigenvalue weighted by molar-refractivity contribution is 6.07. The molecule has 2 amide bonds. The van der Waals surface area contributed by atoms with Gasteiger partial charge in [-0.25, -0.2) is 4.79 Å². The minimum absolute atomic E-state index is 0.0165. The predicted octanol–water partition coefficient (Wildman–Crippen LogP) is 5.67. The summed E-state index contributed by atoms with van der Waals surface area (Å²) < 4.78 is 0. The second-order valence-corrected chi connectivity index (χ2v) is 10.3. The summed E-state index contributed by atoms with van der Waals surface area (Å²) in [5, 5.41) is 10.7. The molecule has 1 saturated heterocycles. The van der Waals surface area contributed by atoms with Crippen LogP contribution in [0.2, 0.25) is 0 Å². The monoisotopic (exact) mass is 447 g/mol. The first-order valence-electron chi connectivity index (χ1n) is 11.6. The Morgan fingerprint density at radius 1 is 1.15 bits per heavy atom. The summed E-state index contributed by atoms with van der Waals surface area (Å²) >= 11 is 0. The molecule has 0 aliphatic carbocycles. The number of carbonyl (C=O) groups is 2. The van der Waals surface area contributed by atoms with Crippen molar-refractivity contribution in [2.24, 2.45) is 17.1 Å². The van der Waals surface area contributed by atoms with Crippen LogP contribution < -0.4 is 5.73 Å². The molecule has 4 rings (SSSR count). The van der Waals surface area contributed by atoms with Crippen LogP contribution in [0.25, 0.3) is 22.0 Å². The van der Waals surface area contributed by atoms with Crippen LogP contribution in [0, 0.1) is 11.3 Å². The first-order valence-corrected chi connectivity index (χ1v) is 11.6. The number of H-pyrrole nitrogens is 1. The Morgan fingerprint density at radius 2 is 1.88 bits per heavy atom. The quantitative estimate of drug-likeness (QED) is 0.470. The van der Waals surface area contributed by atoms with Gasteiger partial charge in [0.25, 0.3) is 5.91 Å². The molecule has 2 heterocycles. The molecule has 1 aliphatic rings. The number of aromatic nitrogens is 1. The van der Waals surface area contributed by atoms with Crippen molar-refractivity contribution >= 4 is 22.9 Å². The number of rotatable bonds is 5. The van der Waals surface area contributed by atoms with E-state index in [0.717, 1.165) is 47.7 Å². The van der Waals surface area contributed by atoms with Crippen LogP contribution >= 0.6 is 0 Å². The van der Waals surface area contributed by atoms with Crippen molar-refractivity contribution in [1.29, 1.82) is 0 Å². The van der Waals surface area contributed by atoms with Crippen LogP contribution in [0.3, 0.4) is 0 Å². The molecule has 1 aromatic heterocycles. The zero-order valence-electron chi connectivity index (χ0n) is 19.6. The van der Waals surface area contributed by atoms with Crippen molar-refractivity contribution in [3.63, 3.8) is 0 Å². The maximum absolute atomic E-state index is 12.2. The third-order valence-electron chi connectivity index (χ3n) is 7.03. The summed E-state index contributed by atoms with van der Waals surface area (Å²) in [7, 11) is 0. The molecule has 3 aromatic rings. The number of carboxylic acid groups (broad SMARTS) is 1. The fourth-order valence-corrected chi connectivity index (χ4v) is 5.20. The summed E-state index contributed by atoms with van der Waals surface area (Å²) in [4.78, 5) is 28.8. The van der Waals surface area contributed by atoms with E-state index in [9.17, 15) is 14.7 Å². The maximum atomic E-state index is 12.2. The highest BCUT2D eigenvalue weighted by atomic mass is 16.4. The van der Waals surface area contributed by atoms with Crippen LogP contribution in [-0.2, 0) is 6.42 Å². The third-order valence-corrected chi connectivity index (χ3v) is 7.03. The first-order chi connectivity index (χ1) is 15.6. The number of nitrogens with two attached hydrogens (primary N) is 1. The van der Waals surface area contributed by atoms with Crippen molar-refractivity contribution in [2.75, 3.05) is 6.54 Å². The molecule has 2 unspecified atom stereocenters. The minimum Gasteiger partial charge on any atom is -0.465 e. The van der Waals surface area contributed by atoms with Crippen molar-refractivity contribution in [2.45, 2.75) is 52.5 Å². The number of nitrogens with one attached hydrogen (secondary N) is 1. The van der Waals surface area contributed by atoms with Crippen LogP contribution in [0.15, 0.2) is 48.7 Å². The van der Waals surface area contributed by atoms with Gasteiger partial charge in [0.1, 0.15) is 0 Å². The number of hydrogen-bond donors (Lipinski definition) is 3. The number of piperidine rings is 1. The molecule has 0 radical (unpaired) electrons. The Hall–Kier alpha value is -3.28. The molecule has 2 aromatic carbocycles. The molecular weight excluding hydrogens is 414 g/mol. The number of primary amides is 1. The molecule has 2 atom stereocenters. The Bertz CT molecular complexity index is 1160. The zero-order chi connectivity index (χ0) is 23.8. The average molecular weight is 448 g/mol. The minimum atomic E-state index is -0.822. The lowest BCUT2D eigenvalue weighted by atomic mass is 9.75. The number of hydrogen-bond acceptors (Lipinski definition) is 2. The molecule has 1 aliphatic heterocycles. The molecule has 6 heteroatoms. The Balaban J connectivity index is 1.59. The zero-order valence-corrected chi connectivity index (χ0v) is 19.6. The van der Waals surface area contributed by atoms with Gasteiger partial charge < -0.3 is 20.7 Å². The summed E-state index contributed by atoms with van der Waals surface area (Å²) in [6, 6.07) is 14.0. The molecule has 0 saturated carbocycles. The van der Waals surface area contributed by atoms with Gasteiger partial charge in [-0.2, -0.15) is 0 Å². The second kappa shape index (κ2) is 8.93. The third kappa shape index (κ3) is 4.75. The largest absolute Gasteiger partial charge is 0.465 e. The lowest BCUT2D eigenvalue weighted by Gasteiger charge is -2.44.